The monoisotopic (exact) mass is 1510 g/mol. The molecule has 2 saturated heterocycles. The van der Waals surface area contributed by atoms with Gasteiger partial charge >= 0.3 is 5.69 Å². The van der Waals surface area contributed by atoms with Gasteiger partial charge < -0.3 is 58.1 Å². The largest absolute Gasteiger partial charge is 0.497 e. The summed E-state index contributed by atoms with van der Waals surface area (Å²) >= 11 is 0. The first-order chi connectivity index (χ1) is 53.0. The number of rotatable bonds is 43. The number of hydrogen-bond acceptors (Lipinski definition) is 19. The molecule has 5 heterocycles. The Kier molecular flexibility index (Phi) is 31.3. The molecule has 0 radical (unpaired) electrons. The van der Waals surface area contributed by atoms with Gasteiger partial charge in [-0.05, 0) is 105 Å². The maximum atomic E-state index is 16.4. The lowest BCUT2D eigenvalue weighted by atomic mass is 9.79. The summed E-state index contributed by atoms with van der Waals surface area (Å²) in [5.41, 5.74) is 1.53. The molecule has 109 heavy (non-hydrogen) atoms. The van der Waals surface area contributed by atoms with Gasteiger partial charge in [-0.2, -0.15) is 10.2 Å². The second-order valence-electron chi connectivity index (χ2n) is 28.6. The SMILES string of the molecule is CCCCCCCCCCCCCCCCCN(C[C@@H]1O[C@@H](n2cnc3c(NC(=O)c4ccccc4)ncnc32)[C@H](OC)[C@@H]1C(C#N)COP(O)N(C(C)C)C(C)C)C(=O)C[C@H]1[C@@H](OC)[C@H](n2ccc(NC(=O)c3ccccc3)nc2=O)O[C@@H]1COC(c1ccccc1)(c1ccc(OC)cc1)c1ccc(OC)cc1. The minimum absolute atomic E-state index is 0.0159. The molecule has 0 saturated carbocycles. The highest BCUT2D eigenvalue weighted by Crippen LogP contribution is 2.48. The van der Waals surface area contributed by atoms with E-state index in [1.807, 2.05) is 117 Å². The van der Waals surface area contributed by atoms with Crippen LogP contribution in [0.15, 0.2) is 169 Å². The number of ether oxygens (including phenoxy) is 7. The van der Waals surface area contributed by atoms with E-state index in [2.05, 4.69) is 38.6 Å². The zero-order chi connectivity index (χ0) is 77.2. The molecule has 5 aromatic carbocycles. The number of aromatic nitrogens is 6. The smallest absolute Gasteiger partial charge is 0.351 e. The van der Waals surface area contributed by atoms with Crippen molar-refractivity contribution < 1.29 is 57.0 Å². The van der Waals surface area contributed by atoms with Crippen LogP contribution in [0.1, 0.15) is 187 Å². The van der Waals surface area contributed by atoms with Crippen LogP contribution >= 0.6 is 8.53 Å². The van der Waals surface area contributed by atoms with Crippen LogP contribution in [0.3, 0.4) is 0 Å². The molecule has 3 amide bonds. The van der Waals surface area contributed by atoms with Crippen LogP contribution in [0.2, 0.25) is 0 Å². The summed E-state index contributed by atoms with van der Waals surface area (Å²) in [4.78, 5) is 89.9. The second-order valence-corrected chi connectivity index (χ2v) is 29.8. The molecule has 8 aromatic rings. The van der Waals surface area contributed by atoms with Crippen LogP contribution in [0.4, 0.5) is 11.6 Å². The summed E-state index contributed by atoms with van der Waals surface area (Å²) in [5, 5.41) is 17.1. The maximum absolute atomic E-state index is 16.4. The predicted molar refractivity (Wildman–Crippen MR) is 420 cm³/mol. The molecule has 10 atom stereocenters. The highest BCUT2D eigenvalue weighted by molar-refractivity contribution is 7.43. The van der Waals surface area contributed by atoms with E-state index in [4.69, 9.17) is 42.7 Å². The predicted octanol–water partition coefficient (Wildman–Crippen LogP) is 15.3. The van der Waals surface area contributed by atoms with E-state index < -0.39 is 86.3 Å². The van der Waals surface area contributed by atoms with Crippen LogP contribution < -0.4 is 25.8 Å². The molecule has 0 spiro atoms. The number of carbonyl (C=O) groups is 3. The first-order valence-corrected chi connectivity index (χ1v) is 39.6. The van der Waals surface area contributed by atoms with Crippen molar-refractivity contribution in [1.82, 2.24) is 38.6 Å². The van der Waals surface area contributed by atoms with Crippen molar-refractivity contribution in [2.75, 3.05) is 65.4 Å². The van der Waals surface area contributed by atoms with Gasteiger partial charge in [-0.1, -0.05) is 188 Å². The molecule has 2 fully saturated rings. The minimum Gasteiger partial charge on any atom is -0.497 e. The van der Waals surface area contributed by atoms with Crippen LogP contribution in [0.25, 0.3) is 11.2 Å². The zero-order valence-corrected chi connectivity index (χ0v) is 65.3. The number of imidazole rings is 1. The molecule has 0 aliphatic carbocycles. The molecule has 25 heteroatoms. The van der Waals surface area contributed by atoms with E-state index in [-0.39, 0.29) is 67.9 Å². The Bertz CT molecular complexity index is 4170. The van der Waals surface area contributed by atoms with Crippen LogP contribution in [0, 0.1) is 29.1 Å². The van der Waals surface area contributed by atoms with E-state index in [0.29, 0.717) is 34.7 Å². The number of methoxy groups -OCH3 is 4. The zero-order valence-electron chi connectivity index (χ0n) is 64.4. The molecule has 10 rings (SSSR count). The van der Waals surface area contributed by atoms with Crippen LogP contribution in [0.5, 0.6) is 11.5 Å². The number of nitriles is 1. The highest BCUT2D eigenvalue weighted by Gasteiger charge is 2.53. The third-order valence-electron chi connectivity index (χ3n) is 20.8. The summed E-state index contributed by atoms with van der Waals surface area (Å²) < 4.78 is 57.6. The van der Waals surface area contributed by atoms with E-state index in [0.717, 1.165) is 42.4 Å². The van der Waals surface area contributed by atoms with Crippen molar-refractivity contribution in [3.05, 3.63) is 203 Å². The van der Waals surface area contributed by atoms with Gasteiger partial charge in [0.2, 0.25) is 5.91 Å². The number of nitrogens with one attached hydrogen (secondary N) is 2. The summed E-state index contributed by atoms with van der Waals surface area (Å²) in [6, 6.07) is 46.3. The fraction of sp³-hybridized carbons (Fsp3) is 0.488. The Hall–Kier alpha value is -8.86. The van der Waals surface area contributed by atoms with Crippen molar-refractivity contribution in [3.63, 3.8) is 0 Å². The molecule has 0 bridgehead atoms. The Balaban J connectivity index is 1.02. The number of amides is 3. The third kappa shape index (κ3) is 21.0. The van der Waals surface area contributed by atoms with Gasteiger partial charge in [-0.25, -0.2) is 24.4 Å². The highest BCUT2D eigenvalue weighted by atomic mass is 31.2. The summed E-state index contributed by atoms with van der Waals surface area (Å²) in [7, 11) is 4.08. The average molecular weight is 1510 g/mol. The van der Waals surface area contributed by atoms with Crippen LogP contribution in [-0.4, -0.2) is 152 Å². The molecule has 24 nitrogen and oxygen atoms in total. The maximum Gasteiger partial charge on any atom is 0.351 e. The number of fused-ring (bicyclic) bond motifs is 1. The second kappa shape index (κ2) is 41.3. The van der Waals surface area contributed by atoms with Gasteiger partial charge in [0.25, 0.3) is 20.3 Å². The molecule has 2 unspecified atom stereocenters. The van der Waals surface area contributed by atoms with E-state index in [9.17, 15) is 24.5 Å². The molecular weight excluding hydrogens is 1400 g/mol. The minimum atomic E-state index is -2.18. The lowest BCUT2D eigenvalue weighted by molar-refractivity contribution is -0.137. The number of nitrogens with zero attached hydrogens (tertiary/aromatic N) is 9. The molecule has 582 valence electrons. The number of benzene rings is 5. The van der Waals surface area contributed by atoms with E-state index in [1.165, 1.54) is 108 Å². The Morgan fingerprint density at radius 2 is 1.15 bits per heavy atom. The van der Waals surface area contributed by atoms with Gasteiger partial charge in [-0.3, -0.25) is 23.5 Å². The fourth-order valence-corrected chi connectivity index (χ4v) is 16.4. The van der Waals surface area contributed by atoms with Crippen molar-refractivity contribution >= 4 is 49.0 Å². The summed E-state index contributed by atoms with van der Waals surface area (Å²) in [5.74, 6) is -2.37. The van der Waals surface area contributed by atoms with Crippen molar-refractivity contribution in [2.45, 2.75) is 192 Å². The van der Waals surface area contributed by atoms with Gasteiger partial charge in [-0.15, -0.1) is 0 Å². The molecule has 3 N–H and O–H groups in total. The molecule has 2 aliphatic rings. The standard InChI is InChI=1S/C84H108N11O13P/c1-10-11-12-13-14-15-16-17-18-19-20-21-22-23-33-49-92(53-69-73(62(52-85)54-106-109(100)95(58(2)3)59(4)5)76(104-9)82(107-69)94-57-88-74-77(86-56-87-78(74)94)91-80(98)61-36-29-25-30-37-61)72(96)51-68-70(108-81(75(68)103-8)93-50-48-71(90-83(93)99)89-79(97)60-34-27-24-28-35-60)55-105-84(63-38-31-26-32-39-63,64-40-44-66(101-6)45-41-64)65-42-46-67(102-7)47-43-65/h24-32,34-48,50,56-59,62,68-70,73,75-76,81-82,100H,10-23,33,49,51,53-55H2,1-9H3,(H,86,87,91,98)(H,89,90,97,99)/t62?,68-,69+,70-,73-,75-,76-,81-,82-,109?/m1/s1. The summed E-state index contributed by atoms with van der Waals surface area (Å²) in [6.07, 6.45) is 15.4. The van der Waals surface area contributed by atoms with E-state index in [1.54, 1.807) is 78.3 Å². The molecular formula is C84H108N11O13P. The fourth-order valence-electron chi connectivity index (χ4n) is 15.2. The number of unbranched alkanes of at least 4 members (excludes halogenated alkanes) is 14. The summed E-state index contributed by atoms with van der Waals surface area (Å²) in [6.45, 7) is 10.00. The van der Waals surface area contributed by atoms with Gasteiger partial charge in [0, 0.05) is 75.0 Å². The number of carbonyl (C=O) groups excluding carboxylic acids is 3. The number of anilines is 2. The van der Waals surface area contributed by atoms with Crippen LogP contribution in [-0.2, 0) is 38.6 Å². The third-order valence-corrected chi connectivity index (χ3v) is 22.5. The average Bonchev–Trinajstić information content (AvgIpc) is 1.75. The number of hydrogen-bond donors (Lipinski definition) is 3. The van der Waals surface area contributed by atoms with Crippen molar-refractivity contribution in [2.24, 2.45) is 17.8 Å². The quantitative estimate of drug-likeness (QED) is 0.0182. The van der Waals surface area contributed by atoms with Gasteiger partial charge in [0.05, 0.1) is 58.0 Å². The Labute approximate surface area is 642 Å². The Morgan fingerprint density at radius 1 is 0.633 bits per heavy atom. The normalized spacial score (nSPS) is 19.1. The lowest BCUT2D eigenvalue weighted by Crippen LogP contribution is -2.46. The first-order valence-electron chi connectivity index (χ1n) is 38.5. The Morgan fingerprint density at radius 3 is 1.67 bits per heavy atom. The molecule has 3 aromatic heterocycles. The van der Waals surface area contributed by atoms with Gasteiger partial charge in [0.15, 0.2) is 29.4 Å². The first kappa shape index (κ1) is 82.6. The lowest BCUT2D eigenvalue weighted by Gasteiger charge is -2.37. The van der Waals surface area contributed by atoms with Crippen molar-refractivity contribution in [1.29, 1.82) is 5.26 Å². The van der Waals surface area contributed by atoms with Gasteiger partial charge in [0.1, 0.15) is 41.5 Å². The molecule has 2 aliphatic heterocycles. The topological polar surface area (TPSA) is 278 Å². The van der Waals surface area contributed by atoms with Crippen molar-refractivity contribution in [3.8, 4) is 17.6 Å². The van der Waals surface area contributed by atoms with E-state index >= 15 is 4.79 Å².